The number of benzene rings is 1. The molecule has 0 atom stereocenters. The summed E-state index contributed by atoms with van der Waals surface area (Å²) in [5.41, 5.74) is 0.757. The van der Waals surface area contributed by atoms with Crippen molar-refractivity contribution in [3.63, 3.8) is 0 Å². The highest BCUT2D eigenvalue weighted by Crippen LogP contribution is 2.34. The van der Waals surface area contributed by atoms with Gasteiger partial charge in [-0.05, 0) is 26.0 Å². The normalized spacial score (nSPS) is 11.6. The molecule has 1 aromatic carbocycles. The fourth-order valence-electron chi connectivity index (χ4n) is 2.33. The zero-order chi connectivity index (χ0) is 19.6. The molecule has 0 saturated carbocycles. The first-order chi connectivity index (χ1) is 12.7. The molecule has 0 fully saturated rings. The Morgan fingerprint density at radius 1 is 1.22 bits per heavy atom. The molecule has 27 heavy (non-hydrogen) atoms. The first-order valence-electron chi connectivity index (χ1n) is 7.90. The van der Waals surface area contributed by atoms with Crippen LogP contribution in [0.1, 0.15) is 13.8 Å². The minimum absolute atomic E-state index is 0.100. The first kappa shape index (κ1) is 18.5. The monoisotopic (exact) mass is 380 g/mol. The molecular weight excluding hydrogens is 365 g/mol. The molecule has 0 aliphatic heterocycles. The number of carbonyl (C=O) groups is 1. The topological polar surface area (TPSA) is 89.1 Å². The fourth-order valence-corrected chi connectivity index (χ4v) is 2.33. The van der Waals surface area contributed by atoms with Crippen LogP contribution in [0.5, 0.6) is 11.5 Å². The van der Waals surface area contributed by atoms with Gasteiger partial charge in [0.15, 0.2) is 16.9 Å². The number of nitrogens with zero attached hydrogens (tertiary/aromatic N) is 2. The molecule has 7 nitrogen and oxygen atoms in total. The van der Waals surface area contributed by atoms with Crippen molar-refractivity contribution in [3.05, 3.63) is 36.7 Å². The number of carbonyl (C=O) groups excluding carboxylic acids is 1. The summed E-state index contributed by atoms with van der Waals surface area (Å²) in [5, 5.41) is 2.56. The van der Waals surface area contributed by atoms with Crippen LogP contribution in [-0.4, -0.2) is 33.4 Å². The van der Waals surface area contributed by atoms with Crippen molar-refractivity contribution < 1.29 is 27.4 Å². The van der Waals surface area contributed by atoms with Gasteiger partial charge in [-0.25, -0.2) is 14.8 Å². The number of para-hydroxylation sites is 1. The highest BCUT2D eigenvalue weighted by Gasteiger charge is 2.32. The van der Waals surface area contributed by atoms with E-state index in [1.54, 1.807) is 19.9 Å². The number of ether oxygens (including phenoxy) is 2. The van der Waals surface area contributed by atoms with E-state index in [0.29, 0.717) is 5.65 Å². The maximum atomic E-state index is 12.6. The summed E-state index contributed by atoms with van der Waals surface area (Å²) in [5.74, 6) is -0.305. The number of halogens is 3. The molecule has 142 valence electrons. The largest absolute Gasteiger partial charge is 0.573 e. The third-order valence-electron chi connectivity index (χ3n) is 3.34. The summed E-state index contributed by atoms with van der Waals surface area (Å²) in [4.78, 5) is 23.0. The van der Waals surface area contributed by atoms with Crippen LogP contribution < -0.4 is 14.8 Å². The maximum absolute atomic E-state index is 12.6. The summed E-state index contributed by atoms with van der Waals surface area (Å²) in [6.45, 7) is 3.54. The van der Waals surface area contributed by atoms with E-state index >= 15 is 0 Å². The van der Waals surface area contributed by atoms with Gasteiger partial charge < -0.3 is 19.8 Å². The number of amides is 1. The summed E-state index contributed by atoms with van der Waals surface area (Å²) in [7, 11) is 0. The van der Waals surface area contributed by atoms with Gasteiger partial charge in [-0.1, -0.05) is 12.1 Å². The molecule has 2 N–H and O–H groups in total. The Kier molecular flexibility index (Phi) is 4.89. The van der Waals surface area contributed by atoms with Gasteiger partial charge in [-0.2, -0.15) is 0 Å². The molecule has 0 bridgehead atoms. The lowest BCUT2D eigenvalue weighted by Gasteiger charge is -2.12. The minimum atomic E-state index is -4.84. The van der Waals surface area contributed by atoms with E-state index in [1.165, 1.54) is 30.6 Å². The highest BCUT2D eigenvalue weighted by atomic mass is 19.4. The van der Waals surface area contributed by atoms with Crippen molar-refractivity contribution in [1.29, 1.82) is 0 Å². The number of nitrogens with one attached hydrogen (secondary N) is 2. The Balaban J connectivity index is 1.98. The van der Waals surface area contributed by atoms with Gasteiger partial charge in [0, 0.05) is 17.8 Å². The number of hydrogen-bond acceptors (Lipinski definition) is 5. The van der Waals surface area contributed by atoms with E-state index in [9.17, 15) is 18.0 Å². The van der Waals surface area contributed by atoms with E-state index in [4.69, 9.17) is 4.74 Å². The maximum Gasteiger partial charge on any atom is 0.573 e. The molecule has 0 aliphatic carbocycles. The number of aromatic amines is 1. The zero-order valence-corrected chi connectivity index (χ0v) is 14.3. The van der Waals surface area contributed by atoms with Gasteiger partial charge in [0.05, 0.1) is 11.9 Å². The van der Waals surface area contributed by atoms with E-state index in [2.05, 4.69) is 25.0 Å². The van der Waals surface area contributed by atoms with Crippen LogP contribution in [0.4, 0.5) is 18.0 Å². The molecule has 0 spiro atoms. The van der Waals surface area contributed by atoms with Crippen LogP contribution in [0.2, 0.25) is 0 Å². The second-order valence-corrected chi connectivity index (χ2v) is 5.84. The fraction of sp³-hybridized carbons (Fsp3) is 0.235. The molecule has 3 rings (SSSR count). The SMILES string of the molecule is CC(C)NC(=O)Oc1c[nH]c2ncc(-c3ccccc3OC(F)(F)F)nc12. The Morgan fingerprint density at radius 2 is 1.96 bits per heavy atom. The van der Waals surface area contributed by atoms with Crippen molar-refractivity contribution in [3.8, 4) is 22.8 Å². The number of alkyl halides is 3. The van der Waals surface area contributed by atoms with Gasteiger partial charge in [0.1, 0.15) is 5.75 Å². The number of hydrogen-bond donors (Lipinski definition) is 2. The van der Waals surface area contributed by atoms with Crippen LogP contribution >= 0.6 is 0 Å². The summed E-state index contributed by atoms with van der Waals surface area (Å²) < 4.78 is 47.1. The number of fused-ring (bicyclic) bond motifs is 1. The van der Waals surface area contributed by atoms with Gasteiger partial charge in [0.25, 0.3) is 0 Å². The van der Waals surface area contributed by atoms with E-state index in [0.717, 1.165) is 0 Å². The molecule has 2 heterocycles. The molecule has 3 aromatic rings. The molecule has 10 heteroatoms. The smallest absolute Gasteiger partial charge is 0.406 e. The average Bonchev–Trinajstić information content (AvgIpc) is 2.95. The predicted octanol–water partition coefficient (Wildman–Crippen LogP) is 4.02. The Hall–Kier alpha value is -3.30. The molecule has 0 saturated heterocycles. The second kappa shape index (κ2) is 7.14. The lowest BCUT2D eigenvalue weighted by Crippen LogP contribution is -2.32. The molecule has 0 radical (unpaired) electrons. The van der Waals surface area contributed by atoms with Crippen LogP contribution in [0.25, 0.3) is 22.4 Å². The first-order valence-corrected chi connectivity index (χ1v) is 7.90. The number of H-pyrrole nitrogens is 1. The van der Waals surface area contributed by atoms with Gasteiger partial charge in [0.2, 0.25) is 0 Å². The van der Waals surface area contributed by atoms with Crippen LogP contribution in [0, 0.1) is 0 Å². The molecule has 1 amide bonds. The standard InChI is InChI=1S/C17H15F3N4O3/c1-9(2)23-16(25)26-13-8-22-15-14(13)24-11(7-21-15)10-5-3-4-6-12(10)27-17(18,19)20/h3-9H,1-2H3,(H,21,22)(H,23,25). The van der Waals surface area contributed by atoms with E-state index < -0.39 is 18.2 Å². The lowest BCUT2D eigenvalue weighted by molar-refractivity contribution is -0.274. The quantitative estimate of drug-likeness (QED) is 0.714. The van der Waals surface area contributed by atoms with Crippen molar-refractivity contribution in [1.82, 2.24) is 20.3 Å². The minimum Gasteiger partial charge on any atom is -0.406 e. The highest BCUT2D eigenvalue weighted by molar-refractivity contribution is 5.84. The summed E-state index contributed by atoms with van der Waals surface area (Å²) in [6, 6.07) is 5.44. The molecule has 0 aliphatic rings. The van der Waals surface area contributed by atoms with Crippen LogP contribution in [0.15, 0.2) is 36.7 Å². The zero-order valence-electron chi connectivity index (χ0n) is 14.3. The van der Waals surface area contributed by atoms with E-state index in [-0.39, 0.29) is 28.6 Å². The van der Waals surface area contributed by atoms with Gasteiger partial charge in [-0.15, -0.1) is 13.2 Å². The van der Waals surface area contributed by atoms with Gasteiger partial charge in [-0.3, -0.25) is 0 Å². The van der Waals surface area contributed by atoms with Crippen LogP contribution in [0.3, 0.4) is 0 Å². The van der Waals surface area contributed by atoms with Crippen molar-refractivity contribution in [2.24, 2.45) is 0 Å². The average molecular weight is 380 g/mol. The third-order valence-corrected chi connectivity index (χ3v) is 3.34. The molecular formula is C17H15F3N4O3. The Morgan fingerprint density at radius 3 is 2.67 bits per heavy atom. The van der Waals surface area contributed by atoms with Crippen molar-refractivity contribution >= 4 is 17.3 Å². The Bertz CT molecular complexity index is 969. The number of rotatable bonds is 4. The summed E-state index contributed by atoms with van der Waals surface area (Å²) >= 11 is 0. The third kappa shape index (κ3) is 4.46. The van der Waals surface area contributed by atoms with Crippen LogP contribution in [-0.2, 0) is 0 Å². The van der Waals surface area contributed by atoms with Gasteiger partial charge >= 0.3 is 12.5 Å². The predicted molar refractivity (Wildman–Crippen MR) is 90.3 cm³/mol. The summed E-state index contributed by atoms with van der Waals surface area (Å²) in [6.07, 6.45) is -2.83. The molecule has 2 aromatic heterocycles. The van der Waals surface area contributed by atoms with E-state index in [1.807, 2.05) is 0 Å². The Labute approximate surface area is 151 Å². The molecule has 0 unspecified atom stereocenters. The second-order valence-electron chi connectivity index (χ2n) is 5.84. The lowest BCUT2D eigenvalue weighted by atomic mass is 10.1. The van der Waals surface area contributed by atoms with Crippen molar-refractivity contribution in [2.45, 2.75) is 26.3 Å². The number of aromatic nitrogens is 3. The van der Waals surface area contributed by atoms with Crippen molar-refractivity contribution in [2.75, 3.05) is 0 Å².